The largest absolute Gasteiger partial charge is 0.476 e. The number of carboxylic acids is 1. The van der Waals surface area contributed by atoms with Crippen molar-refractivity contribution < 1.29 is 14.4 Å². The van der Waals surface area contributed by atoms with Gasteiger partial charge in [-0.25, -0.2) is 4.79 Å². The predicted octanol–water partition coefficient (Wildman–Crippen LogP) is 3.47. The van der Waals surface area contributed by atoms with Gasteiger partial charge in [0.05, 0.1) is 5.56 Å². The third-order valence-electron chi connectivity index (χ3n) is 2.93. The second-order valence-corrected chi connectivity index (χ2v) is 4.54. The average molecular weight is 245 g/mol. The molecule has 4 nitrogen and oxygen atoms in total. The van der Waals surface area contributed by atoms with Crippen molar-refractivity contribution in [1.82, 2.24) is 5.16 Å². The van der Waals surface area contributed by atoms with E-state index in [2.05, 4.69) is 19.0 Å². The molecular formula is C14H15NO3. The third-order valence-corrected chi connectivity index (χ3v) is 2.93. The summed E-state index contributed by atoms with van der Waals surface area (Å²) < 4.78 is 4.96. The van der Waals surface area contributed by atoms with Gasteiger partial charge < -0.3 is 9.63 Å². The van der Waals surface area contributed by atoms with E-state index in [4.69, 9.17) is 9.63 Å². The van der Waals surface area contributed by atoms with Crippen LogP contribution in [0.1, 0.15) is 41.6 Å². The minimum atomic E-state index is -1.07. The molecule has 94 valence electrons. The van der Waals surface area contributed by atoms with Gasteiger partial charge in [0.25, 0.3) is 0 Å². The van der Waals surface area contributed by atoms with Crippen LogP contribution in [0.2, 0.25) is 0 Å². The molecule has 0 fully saturated rings. The Morgan fingerprint density at radius 1 is 1.28 bits per heavy atom. The number of hydrogen-bond donors (Lipinski definition) is 1. The fraction of sp³-hybridized carbons (Fsp3) is 0.286. The first kappa shape index (κ1) is 12.4. The molecule has 0 saturated carbocycles. The summed E-state index contributed by atoms with van der Waals surface area (Å²) in [5.41, 5.74) is 2.54. The monoisotopic (exact) mass is 245 g/mol. The van der Waals surface area contributed by atoms with E-state index in [-0.39, 0.29) is 5.69 Å². The first-order valence-corrected chi connectivity index (χ1v) is 5.80. The molecule has 1 N–H and O–H groups in total. The van der Waals surface area contributed by atoms with E-state index in [0.717, 1.165) is 5.56 Å². The van der Waals surface area contributed by atoms with E-state index in [1.54, 1.807) is 6.92 Å². The van der Waals surface area contributed by atoms with Gasteiger partial charge in [0, 0.05) is 0 Å². The molecule has 0 atom stereocenters. The van der Waals surface area contributed by atoms with Crippen LogP contribution in [-0.2, 0) is 0 Å². The molecule has 0 saturated heterocycles. The maximum Gasteiger partial charge on any atom is 0.358 e. The van der Waals surface area contributed by atoms with Crippen molar-refractivity contribution >= 4 is 5.97 Å². The van der Waals surface area contributed by atoms with Crippen molar-refractivity contribution in [2.45, 2.75) is 26.7 Å². The van der Waals surface area contributed by atoms with Crippen LogP contribution in [0.15, 0.2) is 28.8 Å². The van der Waals surface area contributed by atoms with Gasteiger partial charge in [0.1, 0.15) is 5.76 Å². The van der Waals surface area contributed by atoms with Gasteiger partial charge in [-0.05, 0) is 24.0 Å². The number of hydrogen-bond acceptors (Lipinski definition) is 3. The highest BCUT2D eigenvalue weighted by Crippen LogP contribution is 2.28. The number of carbonyl (C=O) groups is 1. The Kier molecular flexibility index (Phi) is 3.19. The Morgan fingerprint density at radius 2 is 1.89 bits per heavy atom. The lowest BCUT2D eigenvalue weighted by Gasteiger charge is -2.06. The van der Waals surface area contributed by atoms with E-state index < -0.39 is 5.97 Å². The predicted molar refractivity (Wildman–Crippen MR) is 67.7 cm³/mol. The van der Waals surface area contributed by atoms with Crippen LogP contribution in [0.4, 0.5) is 0 Å². The maximum absolute atomic E-state index is 11.1. The van der Waals surface area contributed by atoms with Crippen LogP contribution in [0.25, 0.3) is 11.1 Å². The number of carboxylic acid groups (broad SMARTS) is 1. The maximum atomic E-state index is 11.1. The molecule has 0 bridgehead atoms. The molecule has 0 unspecified atom stereocenters. The Bertz CT molecular complexity index is 567. The quantitative estimate of drug-likeness (QED) is 0.899. The smallest absolute Gasteiger partial charge is 0.358 e. The first-order chi connectivity index (χ1) is 8.50. The van der Waals surface area contributed by atoms with E-state index in [1.165, 1.54) is 5.56 Å². The zero-order valence-electron chi connectivity index (χ0n) is 10.6. The second kappa shape index (κ2) is 4.64. The number of nitrogens with zero attached hydrogens (tertiary/aromatic N) is 1. The van der Waals surface area contributed by atoms with Gasteiger partial charge in [-0.1, -0.05) is 43.3 Å². The van der Waals surface area contributed by atoms with Crippen LogP contribution in [-0.4, -0.2) is 16.2 Å². The van der Waals surface area contributed by atoms with Gasteiger partial charge in [0.2, 0.25) is 0 Å². The van der Waals surface area contributed by atoms with Crippen molar-refractivity contribution in [3.05, 3.63) is 41.3 Å². The molecular weight excluding hydrogens is 230 g/mol. The zero-order chi connectivity index (χ0) is 13.3. The topological polar surface area (TPSA) is 63.3 Å². The Labute approximate surface area is 105 Å². The zero-order valence-corrected chi connectivity index (χ0v) is 10.6. The summed E-state index contributed by atoms with van der Waals surface area (Å²) in [6.07, 6.45) is 0. The number of benzene rings is 1. The summed E-state index contributed by atoms with van der Waals surface area (Å²) in [5.74, 6) is -0.110. The minimum Gasteiger partial charge on any atom is -0.476 e. The van der Waals surface area contributed by atoms with Crippen molar-refractivity contribution in [3.8, 4) is 11.1 Å². The first-order valence-electron chi connectivity index (χ1n) is 5.80. The normalized spacial score (nSPS) is 10.9. The molecule has 4 heteroatoms. The van der Waals surface area contributed by atoms with E-state index >= 15 is 0 Å². The number of rotatable bonds is 3. The molecule has 0 spiro atoms. The summed E-state index contributed by atoms with van der Waals surface area (Å²) in [4.78, 5) is 11.1. The number of aromatic carboxylic acids is 1. The molecule has 0 aliphatic carbocycles. The van der Waals surface area contributed by atoms with Crippen molar-refractivity contribution in [3.63, 3.8) is 0 Å². The average Bonchev–Trinajstić information content (AvgIpc) is 2.71. The molecule has 18 heavy (non-hydrogen) atoms. The summed E-state index contributed by atoms with van der Waals surface area (Å²) >= 11 is 0. The van der Waals surface area contributed by atoms with Crippen molar-refractivity contribution in [2.75, 3.05) is 0 Å². The van der Waals surface area contributed by atoms with Gasteiger partial charge in [-0.3, -0.25) is 0 Å². The van der Waals surface area contributed by atoms with Crippen molar-refractivity contribution in [2.24, 2.45) is 0 Å². The van der Waals surface area contributed by atoms with E-state index in [0.29, 0.717) is 17.2 Å². The summed E-state index contributed by atoms with van der Waals surface area (Å²) in [5, 5.41) is 12.6. The summed E-state index contributed by atoms with van der Waals surface area (Å²) in [7, 11) is 0. The minimum absolute atomic E-state index is 0.0372. The van der Waals surface area contributed by atoms with Gasteiger partial charge in [0.15, 0.2) is 5.69 Å². The highest BCUT2D eigenvalue weighted by Gasteiger charge is 2.20. The van der Waals surface area contributed by atoms with Gasteiger partial charge >= 0.3 is 5.97 Å². The molecule has 1 aromatic heterocycles. The summed E-state index contributed by atoms with van der Waals surface area (Å²) in [6.45, 7) is 5.94. The molecule has 0 aliphatic rings. The summed E-state index contributed by atoms with van der Waals surface area (Å²) in [6, 6.07) is 7.80. The fourth-order valence-electron chi connectivity index (χ4n) is 1.89. The number of aromatic nitrogens is 1. The Hall–Kier alpha value is -2.10. The van der Waals surface area contributed by atoms with Crippen LogP contribution in [0.3, 0.4) is 0 Å². The SMILES string of the molecule is Cc1onc(C(=O)O)c1-c1ccc(C(C)C)cc1. The second-order valence-electron chi connectivity index (χ2n) is 4.54. The van der Waals surface area contributed by atoms with Gasteiger partial charge in [-0.15, -0.1) is 0 Å². The molecule has 0 amide bonds. The number of aryl methyl sites for hydroxylation is 1. The van der Waals surface area contributed by atoms with E-state index in [9.17, 15) is 4.79 Å². The van der Waals surface area contributed by atoms with Crippen LogP contribution in [0.5, 0.6) is 0 Å². The van der Waals surface area contributed by atoms with Crippen LogP contribution in [0, 0.1) is 6.92 Å². The fourth-order valence-corrected chi connectivity index (χ4v) is 1.89. The van der Waals surface area contributed by atoms with Gasteiger partial charge in [-0.2, -0.15) is 0 Å². The molecule has 2 rings (SSSR count). The molecule has 2 aromatic rings. The van der Waals surface area contributed by atoms with Crippen LogP contribution < -0.4 is 0 Å². The van der Waals surface area contributed by atoms with E-state index in [1.807, 2.05) is 24.3 Å². The highest BCUT2D eigenvalue weighted by molar-refractivity contribution is 5.94. The molecule has 0 aliphatic heterocycles. The molecule has 0 radical (unpaired) electrons. The Balaban J connectivity index is 2.48. The molecule has 1 aromatic carbocycles. The Morgan fingerprint density at radius 3 is 2.39 bits per heavy atom. The highest BCUT2D eigenvalue weighted by atomic mass is 16.5. The standard InChI is InChI=1S/C14H15NO3/c1-8(2)10-4-6-11(7-5-10)12-9(3)18-15-13(12)14(16)17/h4-8H,1-3H3,(H,16,17). The lowest BCUT2D eigenvalue weighted by Crippen LogP contribution is -1.99. The van der Waals surface area contributed by atoms with Crippen molar-refractivity contribution in [1.29, 1.82) is 0 Å². The lowest BCUT2D eigenvalue weighted by atomic mass is 9.98. The lowest BCUT2D eigenvalue weighted by molar-refractivity contribution is 0.0686. The third kappa shape index (κ3) is 2.14. The molecule has 1 heterocycles. The van der Waals surface area contributed by atoms with Crippen LogP contribution >= 0.6 is 0 Å².